The fourth-order valence-corrected chi connectivity index (χ4v) is 4.11. The Balaban J connectivity index is 1.52. The molecule has 37 heavy (non-hydrogen) atoms. The van der Waals surface area contributed by atoms with Gasteiger partial charge in [-0.05, 0) is 53.8 Å². The van der Waals surface area contributed by atoms with Crippen LogP contribution in [0.1, 0.15) is 34.1 Å². The Morgan fingerprint density at radius 2 is 1.59 bits per heavy atom. The number of aryl methyl sites for hydroxylation is 1. The zero-order valence-corrected chi connectivity index (χ0v) is 20.3. The van der Waals surface area contributed by atoms with E-state index in [1.54, 1.807) is 24.3 Å². The number of carbonyl (C=O) groups excluding carboxylic acids is 1. The highest BCUT2D eigenvalue weighted by Crippen LogP contribution is 2.18. The van der Waals surface area contributed by atoms with Crippen LogP contribution in [-0.4, -0.2) is 44.8 Å². The average molecular weight is 507 g/mol. The number of para-hydroxylation sites is 2. The number of aliphatic hydroxyl groups is 1. The van der Waals surface area contributed by atoms with Crippen LogP contribution < -0.4 is 10.6 Å². The molecule has 2 atom stereocenters. The highest BCUT2D eigenvalue weighted by molar-refractivity contribution is 5.96. The SMILES string of the molecule is CCc1cccc(CNC[C@H](O)[C@H](Cc2cc(F)cc(F)c2)NC(=O)c2nc3ccccc3nc2O)c1. The predicted molar refractivity (Wildman–Crippen MR) is 136 cm³/mol. The molecular formula is C28H28F2N4O3. The van der Waals surface area contributed by atoms with Gasteiger partial charge in [0.15, 0.2) is 5.69 Å². The van der Waals surface area contributed by atoms with E-state index < -0.39 is 35.6 Å². The molecule has 1 amide bonds. The van der Waals surface area contributed by atoms with E-state index in [4.69, 9.17) is 0 Å². The van der Waals surface area contributed by atoms with Crippen LogP contribution in [0, 0.1) is 11.6 Å². The van der Waals surface area contributed by atoms with Crippen LogP contribution in [0.5, 0.6) is 5.88 Å². The van der Waals surface area contributed by atoms with E-state index in [1.807, 2.05) is 18.2 Å². The van der Waals surface area contributed by atoms with E-state index in [0.29, 0.717) is 17.6 Å². The topological polar surface area (TPSA) is 107 Å². The van der Waals surface area contributed by atoms with Crippen LogP contribution in [0.15, 0.2) is 66.7 Å². The van der Waals surface area contributed by atoms with Crippen LogP contribution >= 0.6 is 0 Å². The maximum atomic E-state index is 13.8. The molecule has 1 heterocycles. The van der Waals surface area contributed by atoms with E-state index >= 15 is 0 Å². The molecular weight excluding hydrogens is 478 g/mol. The number of rotatable bonds is 10. The number of hydrogen-bond acceptors (Lipinski definition) is 6. The van der Waals surface area contributed by atoms with Gasteiger partial charge in [0.1, 0.15) is 11.6 Å². The summed E-state index contributed by atoms with van der Waals surface area (Å²) in [5.41, 5.74) is 2.99. The summed E-state index contributed by atoms with van der Waals surface area (Å²) in [4.78, 5) is 21.3. The van der Waals surface area contributed by atoms with Gasteiger partial charge in [0, 0.05) is 19.2 Å². The molecule has 0 bridgehead atoms. The van der Waals surface area contributed by atoms with Crippen molar-refractivity contribution in [3.63, 3.8) is 0 Å². The molecule has 0 saturated carbocycles. The van der Waals surface area contributed by atoms with Crippen molar-refractivity contribution >= 4 is 16.9 Å². The molecule has 192 valence electrons. The van der Waals surface area contributed by atoms with Gasteiger partial charge in [0.25, 0.3) is 5.91 Å². The summed E-state index contributed by atoms with van der Waals surface area (Å²) in [7, 11) is 0. The number of aliphatic hydroxyl groups excluding tert-OH is 1. The molecule has 0 spiro atoms. The van der Waals surface area contributed by atoms with Gasteiger partial charge in [-0.15, -0.1) is 0 Å². The Morgan fingerprint density at radius 1 is 0.919 bits per heavy atom. The molecule has 1 aromatic heterocycles. The first-order valence-electron chi connectivity index (χ1n) is 12.0. The van der Waals surface area contributed by atoms with Crippen molar-refractivity contribution < 1.29 is 23.8 Å². The second kappa shape index (κ2) is 11.9. The number of fused-ring (bicyclic) bond motifs is 1. The molecule has 4 N–H and O–H groups in total. The van der Waals surface area contributed by atoms with Crippen molar-refractivity contribution in [2.45, 2.75) is 38.5 Å². The van der Waals surface area contributed by atoms with Gasteiger partial charge in [0.2, 0.25) is 5.88 Å². The highest BCUT2D eigenvalue weighted by Gasteiger charge is 2.25. The first-order chi connectivity index (χ1) is 17.8. The zero-order chi connectivity index (χ0) is 26.4. The molecule has 0 fully saturated rings. The Kier molecular flexibility index (Phi) is 8.37. The number of nitrogens with one attached hydrogen (secondary N) is 2. The number of nitrogens with zero attached hydrogens (tertiary/aromatic N) is 2. The Labute approximate surface area is 213 Å². The number of aromatic nitrogens is 2. The van der Waals surface area contributed by atoms with E-state index in [9.17, 15) is 23.8 Å². The molecule has 0 unspecified atom stereocenters. The monoisotopic (exact) mass is 506 g/mol. The van der Waals surface area contributed by atoms with Crippen molar-refractivity contribution in [2.75, 3.05) is 6.54 Å². The van der Waals surface area contributed by atoms with E-state index in [2.05, 4.69) is 33.6 Å². The lowest BCUT2D eigenvalue weighted by atomic mass is 10.00. The molecule has 0 aliphatic heterocycles. The smallest absolute Gasteiger partial charge is 0.275 e. The summed E-state index contributed by atoms with van der Waals surface area (Å²) in [6.07, 6.45) is -0.282. The highest BCUT2D eigenvalue weighted by atomic mass is 19.1. The first-order valence-corrected chi connectivity index (χ1v) is 12.0. The van der Waals surface area contributed by atoms with Crippen LogP contribution in [-0.2, 0) is 19.4 Å². The number of benzene rings is 3. The maximum Gasteiger partial charge on any atom is 0.275 e. The second-order valence-electron chi connectivity index (χ2n) is 8.82. The summed E-state index contributed by atoms with van der Waals surface area (Å²) in [5.74, 6) is -2.86. The number of halogens is 2. The fourth-order valence-electron chi connectivity index (χ4n) is 4.11. The number of aromatic hydroxyl groups is 1. The van der Waals surface area contributed by atoms with Gasteiger partial charge in [-0.25, -0.2) is 18.7 Å². The Bertz CT molecular complexity index is 1380. The number of carbonyl (C=O) groups is 1. The molecule has 3 aromatic carbocycles. The minimum atomic E-state index is -1.12. The van der Waals surface area contributed by atoms with Gasteiger partial charge < -0.3 is 20.8 Å². The third-order valence-electron chi connectivity index (χ3n) is 6.01. The van der Waals surface area contributed by atoms with Gasteiger partial charge in [-0.3, -0.25) is 4.79 Å². The molecule has 4 rings (SSSR count). The molecule has 0 radical (unpaired) electrons. The standard InChI is InChI=1S/C28H28F2N4O3/c1-2-17-6-5-7-18(10-17)15-31-16-25(35)24(13-19-11-20(29)14-21(30)12-19)34-28(37)26-27(36)33-23-9-4-3-8-22(23)32-26/h3-12,14,24-25,31,35H,2,13,15-16H2,1H3,(H,33,36)(H,34,37)/t24-,25-/m0/s1. The normalized spacial score (nSPS) is 12.9. The summed E-state index contributed by atoms with van der Waals surface area (Å²) in [6.45, 7) is 2.64. The van der Waals surface area contributed by atoms with Crippen molar-refractivity contribution in [1.82, 2.24) is 20.6 Å². The molecule has 0 aliphatic carbocycles. The molecule has 7 nitrogen and oxygen atoms in total. The predicted octanol–water partition coefficient (Wildman–Crippen LogP) is 3.67. The fraction of sp³-hybridized carbons (Fsp3) is 0.250. The lowest BCUT2D eigenvalue weighted by Gasteiger charge is -2.25. The average Bonchev–Trinajstić information content (AvgIpc) is 2.87. The molecule has 0 aliphatic rings. The van der Waals surface area contributed by atoms with Crippen LogP contribution in [0.25, 0.3) is 11.0 Å². The van der Waals surface area contributed by atoms with E-state index in [-0.39, 0.29) is 24.2 Å². The van der Waals surface area contributed by atoms with Gasteiger partial charge in [0.05, 0.1) is 23.2 Å². The Morgan fingerprint density at radius 3 is 2.30 bits per heavy atom. The summed E-state index contributed by atoms with van der Waals surface area (Å²) < 4.78 is 27.6. The van der Waals surface area contributed by atoms with Crippen molar-refractivity contribution in [3.05, 3.63) is 101 Å². The van der Waals surface area contributed by atoms with Crippen molar-refractivity contribution in [1.29, 1.82) is 0 Å². The van der Waals surface area contributed by atoms with Gasteiger partial charge in [-0.2, -0.15) is 0 Å². The van der Waals surface area contributed by atoms with E-state index in [0.717, 1.165) is 30.2 Å². The largest absolute Gasteiger partial charge is 0.492 e. The summed E-state index contributed by atoms with van der Waals surface area (Å²) in [6, 6.07) is 16.9. The first kappa shape index (κ1) is 26.1. The van der Waals surface area contributed by atoms with Crippen molar-refractivity contribution in [3.8, 4) is 5.88 Å². The van der Waals surface area contributed by atoms with Gasteiger partial charge >= 0.3 is 0 Å². The van der Waals surface area contributed by atoms with Gasteiger partial charge in [-0.1, -0.05) is 43.3 Å². The van der Waals surface area contributed by atoms with Crippen LogP contribution in [0.4, 0.5) is 8.78 Å². The maximum absolute atomic E-state index is 13.8. The third kappa shape index (κ3) is 6.84. The third-order valence-corrected chi connectivity index (χ3v) is 6.01. The number of hydrogen-bond donors (Lipinski definition) is 4. The lowest BCUT2D eigenvalue weighted by molar-refractivity contribution is 0.0822. The summed E-state index contributed by atoms with van der Waals surface area (Å²) in [5, 5.41) is 27.1. The molecule has 0 saturated heterocycles. The zero-order valence-electron chi connectivity index (χ0n) is 20.3. The quantitative estimate of drug-likeness (QED) is 0.262. The minimum Gasteiger partial charge on any atom is -0.492 e. The van der Waals surface area contributed by atoms with E-state index in [1.165, 1.54) is 5.56 Å². The molecule has 9 heteroatoms. The number of amides is 1. The van der Waals surface area contributed by atoms with Crippen LogP contribution in [0.2, 0.25) is 0 Å². The minimum absolute atomic E-state index is 0.0592. The Hall–Kier alpha value is -3.95. The van der Waals surface area contributed by atoms with Crippen LogP contribution in [0.3, 0.4) is 0 Å². The lowest BCUT2D eigenvalue weighted by Crippen LogP contribution is -2.48. The molecule has 4 aromatic rings. The second-order valence-corrected chi connectivity index (χ2v) is 8.82. The van der Waals surface area contributed by atoms with Crippen molar-refractivity contribution in [2.24, 2.45) is 0 Å². The summed E-state index contributed by atoms with van der Waals surface area (Å²) >= 11 is 0.